The smallest absolute Gasteiger partial charge is 0.0203 e. The minimum absolute atomic E-state index is 0.731. The molecule has 0 heteroatoms. The van der Waals surface area contributed by atoms with Gasteiger partial charge in [0.05, 0.1) is 0 Å². The molecule has 0 aromatic carbocycles. The third kappa shape index (κ3) is 5.77. The molecule has 0 amide bonds. The van der Waals surface area contributed by atoms with Gasteiger partial charge >= 0.3 is 0 Å². The molecule has 3 aliphatic rings. The van der Waals surface area contributed by atoms with Crippen molar-refractivity contribution in [1.82, 2.24) is 0 Å². The maximum Gasteiger partial charge on any atom is 0.0203 e. The molecule has 0 nitrogen and oxygen atoms in total. The summed E-state index contributed by atoms with van der Waals surface area (Å²) in [5.74, 6) is 13.1. The lowest BCUT2D eigenvalue weighted by molar-refractivity contribution is 0.153. The molecule has 142 valence electrons. The Kier molecular flexibility index (Phi) is 7.76. The Hall–Kier alpha value is -0.440. The molecule has 3 saturated carbocycles. The van der Waals surface area contributed by atoms with Crippen LogP contribution in [-0.4, -0.2) is 0 Å². The fraction of sp³-hybridized carbons (Fsp3) is 0.920. The molecule has 0 aromatic rings. The van der Waals surface area contributed by atoms with Crippen LogP contribution in [0.5, 0.6) is 0 Å². The van der Waals surface area contributed by atoms with Gasteiger partial charge in [-0.1, -0.05) is 57.8 Å². The quantitative estimate of drug-likeness (QED) is 0.461. The molecule has 0 radical (unpaired) electrons. The van der Waals surface area contributed by atoms with E-state index in [4.69, 9.17) is 0 Å². The van der Waals surface area contributed by atoms with E-state index in [1.54, 1.807) is 0 Å². The molecular formula is C25H42. The van der Waals surface area contributed by atoms with Crippen molar-refractivity contribution >= 4 is 0 Å². The van der Waals surface area contributed by atoms with Crippen molar-refractivity contribution in [1.29, 1.82) is 0 Å². The molecule has 0 saturated heterocycles. The highest BCUT2D eigenvalue weighted by Crippen LogP contribution is 2.42. The maximum absolute atomic E-state index is 3.72. The van der Waals surface area contributed by atoms with E-state index in [0.717, 1.165) is 35.5 Å². The average Bonchev–Trinajstić information content (AvgIpc) is 2.68. The van der Waals surface area contributed by atoms with E-state index >= 15 is 0 Å². The summed E-state index contributed by atoms with van der Waals surface area (Å²) < 4.78 is 0. The molecule has 0 bridgehead atoms. The largest absolute Gasteiger partial charge is 0.0996 e. The van der Waals surface area contributed by atoms with Crippen LogP contribution < -0.4 is 0 Å². The highest BCUT2D eigenvalue weighted by molar-refractivity contribution is 5.09. The van der Waals surface area contributed by atoms with Crippen LogP contribution in [0, 0.1) is 47.3 Å². The Morgan fingerprint density at radius 3 is 1.48 bits per heavy atom. The van der Waals surface area contributed by atoms with E-state index in [0.29, 0.717) is 0 Å². The van der Waals surface area contributed by atoms with Gasteiger partial charge in [-0.15, -0.1) is 0 Å². The summed E-state index contributed by atoms with van der Waals surface area (Å²) in [6.07, 6.45) is 21.7. The standard InChI is InChI=1S/C25H42/c1-3-5-21-12-16-24(17-13-21)25-18-14-23(15-19-25)11-10-22-8-6-20(4-2)7-9-22/h20-25H,3-9,12-19H2,1-2H3. The molecular weight excluding hydrogens is 300 g/mol. The van der Waals surface area contributed by atoms with Crippen LogP contribution in [0.25, 0.3) is 0 Å². The monoisotopic (exact) mass is 342 g/mol. The molecule has 0 spiro atoms. The molecule has 25 heavy (non-hydrogen) atoms. The minimum Gasteiger partial charge on any atom is -0.0996 e. The van der Waals surface area contributed by atoms with Crippen LogP contribution in [0.1, 0.15) is 110 Å². The van der Waals surface area contributed by atoms with Crippen molar-refractivity contribution in [2.45, 2.75) is 110 Å². The lowest BCUT2D eigenvalue weighted by Gasteiger charge is -2.37. The van der Waals surface area contributed by atoms with Crippen molar-refractivity contribution in [3.63, 3.8) is 0 Å². The van der Waals surface area contributed by atoms with E-state index in [9.17, 15) is 0 Å². The Morgan fingerprint density at radius 2 is 1.00 bits per heavy atom. The summed E-state index contributed by atoms with van der Waals surface area (Å²) in [4.78, 5) is 0. The van der Waals surface area contributed by atoms with E-state index in [1.807, 2.05) is 0 Å². The van der Waals surface area contributed by atoms with Gasteiger partial charge in [0.1, 0.15) is 0 Å². The van der Waals surface area contributed by atoms with Crippen LogP contribution in [0.3, 0.4) is 0 Å². The zero-order valence-electron chi connectivity index (χ0n) is 17.1. The first-order chi connectivity index (χ1) is 12.3. The van der Waals surface area contributed by atoms with Gasteiger partial charge in [0, 0.05) is 11.8 Å². The van der Waals surface area contributed by atoms with Crippen LogP contribution in [-0.2, 0) is 0 Å². The maximum atomic E-state index is 3.72. The van der Waals surface area contributed by atoms with Gasteiger partial charge in [0.2, 0.25) is 0 Å². The first-order valence-electron chi connectivity index (χ1n) is 11.8. The molecule has 0 heterocycles. The van der Waals surface area contributed by atoms with E-state index in [1.165, 1.54) is 96.3 Å². The second-order valence-electron chi connectivity index (χ2n) is 9.60. The predicted octanol–water partition coefficient (Wildman–Crippen LogP) is 7.62. The topological polar surface area (TPSA) is 0 Å². The minimum atomic E-state index is 0.731. The summed E-state index contributed by atoms with van der Waals surface area (Å²) >= 11 is 0. The highest BCUT2D eigenvalue weighted by Gasteiger charge is 2.30. The summed E-state index contributed by atoms with van der Waals surface area (Å²) in [5, 5.41) is 0. The fourth-order valence-electron chi connectivity index (χ4n) is 6.04. The van der Waals surface area contributed by atoms with Gasteiger partial charge in [0.15, 0.2) is 0 Å². The average molecular weight is 343 g/mol. The molecule has 0 aliphatic heterocycles. The number of rotatable bonds is 4. The Morgan fingerprint density at radius 1 is 0.560 bits per heavy atom. The fourth-order valence-corrected chi connectivity index (χ4v) is 6.04. The first kappa shape index (κ1) is 19.3. The normalized spacial score (nSPS) is 39.4. The van der Waals surface area contributed by atoms with E-state index in [-0.39, 0.29) is 0 Å². The van der Waals surface area contributed by atoms with Crippen molar-refractivity contribution < 1.29 is 0 Å². The second kappa shape index (κ2) is 10.0. The van der Waals surface area contributed by atoms with Gasteiger partial charge in [-0.05, 0) is 87.9 Å². The molecule has 3 rings (SSSR count). The van der Waals surface area contributed by atoms with E-state index < -0.39 is 0 Å². The van der Waals surface area contributed by atoms with Gasteiger partial charge in [-0.25, -0.2) is 0 Å². The van der Waals surface area contributed by atoms with Crippen LogP contribution in [0.4, 0.5) is 0 Å². The van der Waals surface area contributed by atoms with Crippen LogP contribution in [0.2, 0.25) is 0 Å². The lowest BCUT2D eigenvalue weighted by atomic mass is 9.69. The lowest BCUT2D eigenvalue weighted by Crippen LogP contribution is -2.25. The Balaban J connectivity index is 1.36. The first-order valence-corrected chi connectivity index (χ1v) is 11.8. The molecule has 3 aliphatic carbocycles. The third-order valence-corrected chi connectivity index (χ3v) is 7.94. The Bertz CT molecular complexity index is 415. The zero-order chi connectivity index (χ0) is 17.5. The summed E-state index contributed by atoms with van der Waals surface area (Å²) in [5.41, 5.74) is 0. The van der Waals surface area contributed by atoms with Gasteiger partial charge in [-0.2, -0.15) is 0 Å². The van der Waals surface area contributed by atoms with Crippen molar-refractivity contribution in [3.8, 4) is 11.8 Å². The zero-order valence-corrected chi connectivity index (χ0v) is 17.1. The SMILES string of the molecule is CCCC1CCC(C2CCC(C#CC3CCC(CC)CC3)CC2)CC1. The third-order valence-electron chi connectivity index (χ3n) is 7.94. The molecule has 0 atom stereocenters. The summed E-state index contributed by atoms with van der Waals surface area (Å²) in [7, 11) is 0. The van der Waals surface area contributed by atoms with Crippen LogP contribution in [0.15, 0.2) is 0 Å². The molecule has 0 N–H and O–H groups in total. The van der Waals surface area contributed by atoms with Gasteiger partial charge in [-0.3, -0.25) is 0 Å². The molecule has 3 fully saturated rings. The summed E-state index contributed by atoms with van der Waals surface area (Å²) in [6, 6.07) is 0. The van der Waals surface area contributed by atoms with E-state index in [2.05, 4.69) is 25.7 Å². The van der Waals surface area contributed by atoms with Gasteiger partial charge in [0.25, 0.3) is 0 Å². The molecule has 0 aromatic heterocycles. The number of hydrogen-bond donors (Lipinski definition) is 0. The van der Waals surface area contributed by atoms with Crippen LogP contribution >= 0.6 is 0 Å². The second-order valence-corrected chi connectivity index (χ2v) is 9.60. The predicted molar refractivity (Wildman–Crippen MR) is 109 cm³/mol. The van der Waals surface area contributed by atoms with Gasteiger partial charge < -0.3 is 0 Å². The van der Waals surface area contributed by atoms with Crippen molar-refractivity contribution in [2.24, 2.45) is 35.5 Å². The highest BCUT2D eigenvalue weighted by atomic mass is 14.4. The number of hydrogen-bond acceptors (Lipinski definition) is 0. The van der Waals surface area contributed by atoms with Crippen molar-refractivity contribution in [3.05, 3.63) is 0 Å². The van der Waals surface area contributed by atoms with Crippen molar-refractivity contribution in [2.75, 3.05) is 0 Å². The summed E-state index contributed by atoms with van der Waals surface area (Å²) in [6.45, 7) is 4.70. The Labute approximate surface area is 157 Å². The molecule has 0 unspecified atom stereocenters.